The summed E-state index contributed by atoms with van der Waals surface area (Å²) in [5, 5.41) is 0. The molecule has 0 atom stereocenters. The van der Waals surface area contributed by atoms with Crippen molar-refractivity contribution in [1.29, 1.82) is 0 Å². The van der Waals surface area contributed by atoms with Gasteiger partial charge in [0.1, 0.15) is 5.75 Å². The van der Waals surface area contributed by atoms with Gasteiger partial charge in [-0.2, -0.15) is 0 Å². The molecule has 0 aliphatic rings. The molecule has 0 spiro atoms. The van der Waals surface area contributed by atoms with E-state index in [2.05, 4.69) is 25.1 Å². The predicted molar refractivity (Wildman–Crippen MR) is 95.6 cm³/mol. The van der Waals surface area contributed by atoms with Crippen LogP contribution in [-0.4, -0.2) is 12.9 Å². The standard InChI is InChI=1S/C19H32OS/c1-3-4-5-6-7-8-9-10-11-12-16-21-19-15-13-14-18(17-19)20-2/h13-15,17H,3-12,16H2,1-2H3. The smallest absolute Gasteiger partial charge is 0.119 e. The fourth-order valence-corrected chi connectivity index (χ4v) is 3.43. The third kappa shape index (κ3) is 9.84. The summed E-state index contributed by atoms with van der Waals surface area (Å²) in [4.78, 5) is 1.32. The van der Waals surface area contributed by atoms with Crippen molar-refractivity contribution in [2.24, 2.45) is 0 Å². The average Bonchev–Trinajstić information content (AvgIpc) is 2.53. The van der Waals surface area contributed by atoms with Gasteiger partial charge in [0.15, 0.2) is 0 Å². The highest BCUT2D eigenvalue weighted by Gasteiger charge is 1.97. The lowest BCUT2D eigenvalue weighted by Gasteiger charge is -2.05. The third-order valence-corrected chi connectivity index (χ3v) is 4.89. The maximum atomic E-state index is 5.25. The molecule has 1 aromatic carbocycles. The molecule has 0 saturated heterocycles. The minimum atomic E-state index is 0.961. The number of benzene rings is 1. The van der Waals surface area contributed by atoms with E-state index in [1.165, 1.54) is 74.9 Å². The van der Waals surface area contributed by atoms with Crippen molar-refractivity contribution in [2.75, 3.05) is 12.9 Å². The Balaban J connectivity index is 1.90. The molecule has 0 bridgehead atoms. The Labute approximate surface area is 135 Å². The number of thioether (sulfide) groups is 1. The Bertz CT molecular complexity index is 351. The molecule has 0 amide bonds. The zero-order valence-electron chi connectivity index (χ0n) is 13.9. The quantitative estimate of drug-likeness (QED) is 0.296. The van der Waals surface area contributed by atoms with Gasteiger partial charge < -0.3 is 4.74 Å². The molecule has 0 saturated carbocycles. The number of rotatable bonds is 13. The van der Waals surface area contributed by atoms with Crippen LogP contribution in [0.25, 0.3) is 0 Å². The molecule has 1 nitrogen and oxygen atoms in total. The molecule has 0 N–H and O–H groups in total. The maximum Gasteiger partial charge on any atom is 0.119 e. The van der Waals surface area contributed by atoms with Crippen molar-refractivity contribution in [1.82, 2.24) is 0 Å². The molecule has 21 heavy (non-hydrogen) atoms. The molecule has 0 aliphatic heterocycles. The molecule has 0 aliphatic carbocycles. The van der Waals surface area contributed by atoms with Gasteiger partial charge in [0, 0.05) is 4.90 Å². The Hall–Kier alpha value is -0.630. The first kappa shape index (κ1) is 18.4. The van der Waals surface area contributed by atoms with E-state index in [1.54, 1.807) is 7.11 Å². The molecule has 120 valence electrons. The van der Waals surface area contributed by atoms with E-state index in [1.807, 2.05) is 17.8 Å². The van der Waals surface area contributed by atoms with Crippen LogP contribution >= 0.6 is 11.8 Å². The summed E-state index contributed by atoms with van der Waals surface area (Å²) >= 11 is 1.95. The van der Waals surface area contributed by atoms with Crippen molar-refractivity contribution in [3.63, 3.8) is 0 Å². The van der Waals surface area contributed by atoms with Gasteiger partial charge in [-0.3, -0.25) is 0 Å². The van der Waals surface area contributed by atoms with Crippen molar-refractivity contribution >= 4 is 11.8 Å². The van der Waals surface area contributed by atoms with Gasteiger partial charge in [0.05, 0.1) is 7.11 Å². The average molecular weight is 309 g/mol. The highest BCUT2D eigenvalue weighted by atomic mass is 32.2. The van der Waals surface area contributed by atoms with Crippen LogP contribution in [0.15, 0.2) is 29.2 Å². The van der Waals surface area contributed by atoms with Gasteiger partial charge in [-0.15, -0.1) is 11.8 Å². The van der Waals surface area contributed by atoms with Crippen LogP contribution in [0.2, 0.25) is 0 Å². The molecule has 2 heteroatoms. The fraction of sp³-hybridized carbons (Fsp3) is 0.684. The van der Waals surface area contributed by atoms with E-state index in [4.69, 9.17) is 4.74 Å². The van der Waals surface area contributed by atoms with Crippen molar-refractivity contribution in [3.05, 3.63) is 24.3 Å². The van der Waals surface area contributed by atoms with Gasteiger partial charge in [0.25, 0.3) is 0 Å². The number of ether oxygens (including phenoxy) is 1. The first-order chi connectivity index (χ1) is 10.4. The lowest BCUT2D eigenvalue weighted by molar-refractivity contribution is 0.413. The second kappa shape index (κ2) is 13.1. The van der Waals surface area contributed by atoms with Crippen molar-refractivity contribution in [2.45, 2.75) is 76.0 Å². The normalized spacial score (nSPS) is 10.8. The van der Waals surface area contributed by atoms with Crippen LogP contribution in [0.1, 0.15) is 71.1 Å². The highest BCUT2D eigenvalue weighted by molar-refractivity contribution is 7.99. The van der Waals surface area contributed by atoms with Crippen molar-refractivity contribution < 1.29 is 4.74 Å². The Kier molecular flexibility index (Phi) is 11.5. The summed E-state index contributed by atoms with van der Waals surface area (Å²) in [6.07, 6.45) is 14.1. The molecule has 1 rings (SSSR count). The van der Waals surface area contributed by atoms with E-state index in [9.17, 15) is 0 Å². The van der Waals surface area contributed by atoms with Crippen LogP contribution in [-0.2, 0) is 0 Å². The number of unbranched alkanes of at least 4 members (excludes halogenated alkanes) is 9. The summed E-state index contributed by atoms with van der Waals surface area (Å²) in [5.41, 5.74) is 0. The third-order valence-electron chi connectivity index (χ3n) is 3.81. The van der Waals surface area contributed by atoms with Gasteiger partial charge in [-0.25, -0.2) is 0 Å². The Morgan fingerprint density at radius 2 is 1.48 bits per heavy atom. The largest absolute Gasteiger partial charge is 0.497 e. The first-order valence-corrected chi connectivity index (χ1v) is 9.62. The summed E-state index contributed by atoms with van der Waals surface area (Å²) in [6.45, 7) is 2.28. The van der Waals surface area contributed by atoms with E-state index in [0.717, 1.165) is 5.75 Å². The monoisotopic (exact) mass is 308 g/mol. The summed E-state index contributed by atoms with van der Waals surface area (Å²) in [6, 6.07) is 8.37. The van der Waals surface area contributed by atoms with Crippen LogP contribution in [0.3, 0.4) is 0 Å². The summed E-state index contributed by atoms with van der Waals surface area (Å²) in [7, 11) is 1.73. The van der Waals surface area contributed by atoms with Gasteiger partial charge >= 0.3 is 0 Å². The van der Waals surface area contributed by atoms with E-state index >= 15 is 0 Å². The van der Waals surface area contributed by atoms with Crippen LogP contribution in [0, 0.1) is 0 Å². The fourth-order valence-electron chi connectivity index (χ4n) is 2.47. The number of hydrogen-bond donors (Lipinski definition) is 0. The minimum Gasteiger partial charge on any atom is -0.497 e. The molecule has 0 unspecified atom stereocenters. The first-order valence-electron chi connectivity index (χ1n) is 8.63. The lowest BCUT2D eigenvalue weighted by atomic mass is 10.1. The van der Waals surface area contributed by atoms with E-state index in [0.29, 0.717) is 0 Å². The second-order valence-electron chi connectivity index (χ2n) is 5.71. The molecule has 0 fully saturated rings. The Morgan fingerprint density at radius 3 is 2.10 bits per heavy atom. The number of methoxy groups -OCH3 is 1. The zero-order valence-corrected chi connectivity index (χ0v) is 14.7. The predicted octanol–water partition coefficient (Wildman–Crippen LogP) is 6.71. The van der Waals surface area contributed by atoms with Gasteiger partial charge in [-0.1, -0.05) is 70.8 Å². The van der Waals surface area contributed by atoms with Crippen LogP contribution < -0.4 is 4.74 Å². The van der Waals surface area contributed by atoms with Crippen LogP contribution in [0.4, 0.5) is 0 Å². The van der Waals surface area contributed by atoms with Gasteiger partial charge in [-0.05, 0) is 30.4 Å². The number of hydrogen-bond acceptors (Lipinski definition) is 2. The van der Waals surface area contributed by atoms with Gasteiger partial charge in [0.2, 0.25) is 0 Å². The molecule has 0 aromatic heterocycles. The summed E-state index contributed by atoms with van der Waals surface area (Å²) < 4.78 is 5.25. The highest BCUT2D eigenvalue weighted by Crippen LogP contribution is 2.24. The summed E-state index contributed by atoms with van der Waals surface area (Å²) in [5.74, 6) is 2.19. The van der Waals surface area contributed by atoms with Crippen molar-refractivity contribution in [3.8, 4) is 5.75 Å². The zero-order chi connectivity index (χ0) is 15.2. The molecular weight excluding hydrogens is 276 g/mol. The topological polar surface area (TPSA) is 9.23 Å². The van der Waals surface area contributed by atoms with E-state index in [-0.39, 0.29) is 0 Å². The van der Waals surface area contributed by atoms with E-state index < -0.39 is 0 Å². The minimum absolute atomic E-state index is 0.961. The molecule has 0 radical (unpaired) electrons. The molecular formula is C19H32OS. The maximum absolute atomic E-state index is 5.25. The lowest BCUT2D eigenvalue weighted by Crippen LogP contribution is -1.85. The molecule has 1 aromatic rings. The second-order valence-corrected chi connectivity index (χ2v) is 6.88. The SMILES string of the molecule is CCCCCCCCCCCCSc1cccc(OC)c1. The molecule has 0 heterocycles. The Morgan fingerprint density at radius 1 is 0.857 bits per heavy atom. The van der Waals surface area contributed by atoms with Crippen LogP contribution in [0.5, 0.6) is 5.75 Å².